The molecule has 2 aromatic rings. The number of anilines is 2. The number of carbonyl (C=O) groups excluding carboxylic acids is 3. The number of amides is 4. The Morgan fingerprint density at radius 3 is 2.50 bits per heavy atom. The first-order valence-electron chi connectivity index (χ1n) is 11.4. The minimum atomic E-state index is -0.403. The van der Waals surface area contributed by atoms with Gasteiger partial charge >= 0.3 is 6.03 Å². The van der Waals surface area contributed by atoms with Crippen LogP contribution in [0, 0.1) is 6.92 Å². The van der Waals surface area contributed by atoms with Crippen LogP contribution in [-0.4, -0.2) is 61.7 Å². The standard InChI is InChI=1S/C25H30N4O5/c1-15-4-6-16(7-5-15)27-25(32)28-17-8-11-21-19(12-17)24(31)29(3)20-10-9-18(13-23(30)26-2)34-22(20)14-33-21/h4-8,11-12,18,20,22H,9-10,13-14H2,1-3H3,(H,26,30)(H2,27,28,32)/t18-,20-,22+/m1/s1. The van der Waals surface area contributed by atoms with E-state index in [9.17, 15) is 14.4 Å². The average molecular weight is 467 g/mol. The maximum absolute atomic E-state index is 13.3. The Balaban J connectivity index is 1.46. The van der Waals surface area contributed by atoms with Crippen molar-refractivity contribution >= 4 is 29.2 Å². The highest BCUT2D eigenvalue weighted by Gasteiger charge is 2.39. The van der Waals surface area contributed by atoms with Gasteiger partial charge in [0.05, 0.1) is 24.1 Å². The molecular formula is C25H30N4O5. The van der Waals surface area contributed by atoms with Crippen molar-refractivity contribution in [1.29, 1.82) is 0 Å². The van der Waals surface area contributed by atoms with Crippen LogP contribution in [0.3, 0.4) is 0 Å². The van der Waals surface area contributed by atoms with Crippen LogP contribution in [0.1, 0.15) is 35.2 Å². The summed E-state index contributed by atoms with van der Waals surface area (Å²) in [5.41, 5.74) is 2.63. The fraction of sp³-hybridized carbons (Fsp3) is 0.400. The van der Waals surface area contributed by atoms with Crippen LogP contribution in [-0.2, 0) is 9.53 Å². The summed E-state index contributed by atoms with van der Waals surface area (Å²) in [5, 5.41) is 8.17. The van der Waals surface area contributed by atoms with E-state index in [1.54, 1.807) is 37.2 Å². The van der Waals surface area contributed by atoms with Crippen LogP contribution < -0.4 is 20.7 Å². The van der Waals surface area contributed by atoms with Gasteiger partial charge in [0, 0.05) is 25.5 Å². The zero-order valence-corrected chi connectivity index (χ0v) is 19.6. The Hall–Kier alpha value is -3.59. The Labute approximate surface area is 198 Å². The minimum Gasteiger partial charge on any atom is -0.490 e. The number of hydrogen-bond acceptors (Lipinski definition) is 5. The number of benzene rings is 2. The van der Waals surface area contributed by atoms with Crippen LogP contribution in [0.2, 0.25) is 0 Å². The predicted molar refractivity (Wildman–Crippen MR) is 128 cm³/mol. The second-order valence-corrected chi connectivity index (χ2v) is 8.70. The van der Waals surface area contributed by atoms with E-state index in [1.807, 2.05) is 31.2 Å². The number of ether oxygens (including phenoxy) is 2. The average Bonchev–Trinajstić information content (AvgIpc) is 2.83. The molecule has 0 saturated carbocycles. The normalized spacial score (nSPS) is 21.8. The lowest BCUT2D eigenvalue weighted by Gasteiger charge is -2.42. The molecule has 0 aliphatic carbocycles. The number of fused-ring (bicyclic) bond motifs is 2. The van der Waals surface area contributed by atoms with Gasteiger partial charge < -0.3 is 30.3 Å². The molecule has 0 bridgehead atoms. The van der Waals surface area contributed by atoms with Crippen LogP contribution >= 0.6 is 0 Å². The molecule has 0 radical (unpaired) electrons. The van der Waals surface area contributed by atoms with E-state index in [4.69, 9.17) is 9.47 Å². The predicted octanol–water partition coefficient (Wildman–Crippen LogP) is 3.16. The van der Waals surface area contributed by atoms with Gasteiger partial charge in [0.15, 0.2) is 0 Å². The Bertz CT molecular complexity index is 1070. The van der Waals surface area contributed by atoms with E-state index in [-0.39, 0.29) is 43.1 Å². The number of likely N-dealkylation sites (N-methyl/N-ethyl adjacent to an activating group) is 1. The number of urea groups is 1. The van der Waals surface area contributed by atoms with Crippen molar-refractivity contribution in [2.75, 3.05) is 31.3 Å². The highest BCUT2D eigenvalue weighted by molar-refractivity contribution is 6.02. The van der Waals surface area contributed by atoms with Gasteiger partial charge in [-0.2, -0.15) is 0 Å². The van der Waals surface area contributed by atoms with Crippen molar-refractivity contribution in [2.24, 2.45) is 0 Å². The molecular weight excluding hydrogens is 436 g/mol. The van der Waals surface area contributed by atoms with E-state index < -0.39 is 6.03 Å². The quantitative estimate of drug-likeness (QED) is 0.641. The molecule has 1 fully saturated rings. The van der Waals surface area contributed by atoms with Crippen LogP contribution in [0.5, 0.6) is 5.75 Å². The summed E-state index contributed by atoms with van der Waals surface area (Å²) in [6.07, 6.45) is 1.15. The van der Waals surface area contributed by atoms with Crippen LogP contribution in [0.4, 0.5) is 16.2 Å². The van der Waals surface area contributed by atoms with Gasteiger partial charge in [-0.3, -0.25) is 9.59 Å². The van der Waals surface area contributed by atoms with Crippen molar-refractivity contribution < 1.29 is 23.9 Å². The number of nitrogens with one attached hydrogen (secondary N) is 3. The monoisotopic (exact) mass is 466 g/mol. The Kier molecular flexibility index (Phi) is 7.02. The molecule has 4 rings (SSSR count). The molecule has 9 heteroatoms. The van der Waals surface area contributed by atoms with E-state index in [0.717, 1.165) is 5.56 Å². The minimum absolute atomic E-state index is 0.0727. The zero-order chi connectivity index (χ0) is 24.2. The number of rotatable bonds is 4. The summed E-state index contributed by atoms with van der Waals surface area (Å²) in [6.45, 7) is 2.24. The molecule has 0 spiro atoms. The lowest BCUT2D eigenvalue weighted by molar-refractivity contribution is -0.133. The van der Waals surface area contributed by atoms with E-state index in [2.05, 4.69) is 16.0 Å². The first-order chi connectivity index (χ1) is 16.3. The third kappa shape index (κ3) is 5.31. The highest BCUT2D eigenvalue weighted by Crippen LogP contribution is 2.32. The van der Waals surface area contributed by atoms with Crippen LogP contribution in [0.15, 0.2) is 42.5 Å². The summed E-state index contributed by atoms with van der Waals surface area (Å²) in [5.74, 6) is 0.147. The number of hydrogen-bond donors (Lipinski definition) is 3. The van der Waals surface area contributed by atoms with Gasteiger partial charge in [-0.25, -0.2) is 4.79 Å². The van der Waals surface area contributed by atoms with Crippen LogP contribution in [0.25, 0.3) is 0 Å². The fourth-order valence-electron chi connectivity index (χ4n) is 4.34. The number of carbonyl (C=O) groups is 3. The van der Waals surface area contributed by atoms with E-state index in [0.29, 0.717) is 35.5 Å². The van der Waals surface area contributed by atoms with Crippen molar-refractivity contribution in [3.05, 3.63) is 53.6 Å². The molecule has 2 aliphatic rings. The van der Waals surface area contributed by atoms with E-state index >= 15 is 0 Å². The summed E-state index contributed by atoms with van der Waals surface area (Å²) < 4.78 is 12.1. The second-order valence-electron chi connectivity index (χ2n) is 8.70. The first kappa shape index (κ1) is 23.6. The highest BCUT2D eigenvalue weighted by atomic mass is 16.5. The maximum atomic E-state index is 13.3. The van der Waals surface area contributed by atoms with Gasteiger partial charge in [-0.15, -0.1) is 0 Å². The third-order valence-corrected chi connectivity index (χ3v) is 6.27. The van der Waals surface area contributed by atoms with Gasteiger partial charge in [0.1, 0.15) is 18.5 Å². The third-order valence-electron chi connectivity index (χ3n) is 6.27. The summed E-state index contributed by atoms with van der Waals surface area (Å²) in [7, 11) is 3.35. The molecule has 9 nitrogen and oxygen atoms in total. The molecule has 34 heavy (non-hydrogen) atoms. The molecule has 1 saturated heterocycles. The largest absolute Gasteiger partial charge is 0.490 e. The molecule has 180 valence electrons. The summed E-state index contributed by atoms with van der Waals surface area (Å²) in [6, 6.07) is 11.9. The molecule has 4 amide bonds. The second kappa shape index (κ2) is 10.1. The fourth-order valence-corrected chi connectivity index (χ4v) is 4.34. The topological polar surface area (TPSA) is 109 Å². The molecule has 2 aliphatic heterocycles. The lowest BCUT2D eigenvalue weighted by Crippen LogP contribution is -2.53. The molecule has 3 atom stereocenters. The van der Waals surface area contributed by atoms with Crippen molar-refractivity contribution in [2.45, 2.75) is 44.4 Å². The van der Waals surface area contributed by atoms with Crippen molar-refractivity contribution in [1.82, 2.24) is 10.2 Å². The van der Waals surface area contributed by atoms with Gasteiger partial charge in [0.2, 0.25) is 5.91 Å². The smallest absolute Gasteiger partial charge is 0.323 e. The Morgan fingerprint density at radius 2 is 1.76 bits per heavy atom. The van der Waals surface area contributed by atoms with Crippen molar-refractivity contribution in [3.8, 4) is 5.75 Å². The van der Waals surface area contributed by atoms with E-state index in [1.165, 1.54) is 0 Å². The first-order valence-corrected chi connectivity index (χ1v) is 11.4. The number of nitrogens with zero attached hydrogens (tertiary/aromatic N) is 1. The molecule has 0 aromatic heterocycles. The molecule has 0 unspecified atom stereocenters. The summed E-state index contributed by atoms with van der Waals surface area (Å²) in [4.78, 5) is 39.2. The van der Waals surface area contributed by atoms with Gasteiger partial charge in [-0.05, 0) is 50.1 Å². The van der Waals surface area contributed by atoms with Crippen molar-refractivity contribution in [3.63, 3.8) is 0 Å². The zero-order valence-electron chi connectivity index (χ0n) is 19.6. The summed E-state index contributed by atoms with van der Waals surface area (Å²) >= 11 is 0. The molecule has 2 aromatic carbocycles. The van der Waals surface area contributed by atoms with Gasteiger partial charge in [0.25, 0.3) is 5.91 Å². The lowest BCUT2D eigenvalue weighted by atomic mass is 9.94. The molecule has 3 N–H and O–H groups in total. The van der Waals surface area contributed by atoms with Gasteiger partial charge in [-0.1, -0.05) is 17.7 Å². The number of aryl methyl sites for hydroxylation is 1. The SMILES string of the molecule is CNC(=O)C[C@H]1CC[C@@H]2[C@H](COc3ccc(NC(=O)Nc4ccc(C)cc4)cc3C(=O)N2C)O1. The molecule has 2 heterocycles. The maximum Gasteiger partial charge on any atom is 0.323 e. The Morgan fingerprint density at radius 1 is 1.06 bits per heavy atom.